The summed E-state index contributed by atoms with van der Waals surface area (Å²) in [5.74, 6) is -2.62. The van der Waals surface area contributed by atoms with Crippen LogP contribution < -0.4 is 27.9 Å². The second kappa shape index (κ2) is 15.3. The van der Waals surface area contributed by atoms with E-state index in [9.17, 15) is 44.7 Å². The summed E-state index contributed by atoms with van der Waals surface area (Å²) < 4.78 is 11.7. The molecule has 0 aliphatic carbocycles. The molecule has 0 spiro atoms. The molecular weight excluding hydrogens is 606 g/mol. The van der Waals surface area contributed by atoms with E-state index in [2.05, 4.69) is 16.9 Å². The summed E-state index contributed by atoms with van der Waals surface area (Å²) in [5, 5.41) is 54.4. The maximum absolute atomic E-state index is 13.3. The van der Waals surface area contributed by atoms with Crippen molar-refractivity contribution in [3.8, 4) is 5.75 Å². The Bertz CT molecular complexity index is 1570. The number of benzene rings is 1. The molecular formula is C30H41N5O11. The predicted octanol–water partition coefficient (Wildman–Crippen LogP) is -1.82. The van der Waals surface area contributed by atoms with Gasteiger partial charge in [0.2, 0.25) is 17.7 Å². The number of nitrogens with two attached hydrogens (primary N) is 3. The summed E-state index contributed by atoms with van der Waals surface area (Å²) in [6.45, 7) is 5.92. The van der Waals surface area contributed by atoms with Gasteiger partial charge in [-0.25, -0.2) is 0 Å². The molecule has 1 saturated heterocycles. The van der Waals surface area contributed by atoms with Gasteiger partial charge in [0.05, 0.1) is 17.6 Å². The standard InChI is InChI=1S/C30H41N5O11/c1-12-8-18(37)23(28-26(42)25(41)24(40)20(11-36)46-28)27-22(12)19(38)10-15(45-27)9-14(3)34-17(6-7-21(32)39)30(44)35-16(29(33)43)5-4-13(2)31/h8,10,16-17,20,24-26,28,36-37,40-42H,2,4-7,9,11,31H2,1,3H3,(H2,32,39)(H2,33,43)(H,35,44)/b34-14+. The van der Waals surface area contributed by atoms with E-state index in [-0.39, 0.29) is 65.8 Å². The van der Waals surface area contributed by atoms with Gasteiger partial charge in [0.15, 0.2) is 5.43 Å². The first-order chi connectivity index (χ1) is 21.5. The molecule has 1 aliphatic rings. The van der Waals surface area contributed by atoms with Gasteiger partial charge in [0, 0.05) is 30.3 Å². The summed E-state index contributed by atoms with van der Waals surface area (Å²) in [5.41, 5.74) is 16.3. The number of nitrogens with zero attached hydrogens (tertiary/aromatic N) is 1. The molecule has 46 heavy (non-hydrogen) atoms. The van der Waals surface area contributed by atoms with E-state index >= 15 is 0 Å². The molecule has 12 N–H and O–H groups in total. The van der Waals surface area contributed by atoms with E-state index in [4.69, 9.17) is 26.4 Å². The van der Waals surface area contributed by atoms with Gasteiger partial charge in [-0.3, -0.25) is 24.2 Å². The highest BCUT2D eigenvalue weighted by Gasteiger charge is 2.46. The number of ether oxygens (including phenoxy) is 1. The van der Waals surface area contributed by atoms with Crippen LogP contribution in [0, 0.1) is 6.92 Å². The topological polar surface area (TPSA) is 294 Å². The maximum Gasteiger partial charge on any atom is 0.245 e. The molecule has 2 aromatic rings. The molecule has 1 aromatic carbocycles. The van der Waals surface area contributed by atoms with Crippen LogP contribution in [0.5, 0.6) is 5.75 Å². The number of nitrogens with one attached hydrogen (secondary N) is 1. The third-order valence-electron chi connectivity index (χ3n) is 7.63. The molecule has 2 heterocycles. The largest absolute Gasteiger partial charge is 0.507 e. The monoisotopic (exact) mass is 647 g/mol. The number of aromatic hydroxyl groups is 1. The van der Waals surface area contributed by atoms with Gasteiger partial charge in [-0.2, -0.15) is 0 Å². The molecule has 1 aromatic heterocycles. The van der Waals surface area contributed by atoms with E-state index in [1.54, 1.807) is 6.92 Å². The molecule has 7 atom stereocenters. The van der Waals surface area contributed by atoms with Crippen LogP contribution in [-0.2, 0) is 25.5 Å². The number of phenols is 1. The summed E-state index contributed by atoms with van der Waals surface area (Å²) in [7, 11) is 0. The van der Waals surface area contributed by atoms with E-state index in [0.717, 1.165) is 0 Å². The Balaban J connectivity index is 2.01. The van der Waals surface area contributed by atoms with E-state index < -0.39 is 78.1 Å². The van der Waals surface area contributed by atoms with Crippen LogP contribution in [0.25, 0.3) is 11.0 Å². The van der Waals surface area contributed by atoms with Crippen LogP contribution >= 0.6 is 0 Å². The average Bonchev–Trinajstić information content (AvgIpc) is 2.96. The maximum atomic E-state index is 13.3. The second-order valence-corrected chi connectivity index (χ2v) is 11.4. The minimum atomic E-state index is -1.77. The van der Waals surface area contributed by atoms with E-state index in [1.807, 2.05) is 0 Å². The SMILES string of the molecule is C=C(N)CCC(NC(=O)C(CCC(N)=O)/N=C(\C)Cc1cc(=O)c2c(C)cc(O)c(C3OC(CO)C(O)C(O)C3O)c2o1)C(N)=O. The highest BCUT2D eigenvalue weighted by molar-refractivity contribution is 5.93. The molecule has 1 aliphatic heterocycles. The van der Waals surface area contributed by atoms with Gasteiger partial charge in [0.25, 0.3) is 0 Å². The molecule has 0 bridgehead atoms. The summed E-state index contributed by atoms with van der Waals surface area (Å²) in [6, 6.07) is 0.171. The van der Waals surface area contributed by atoms with Crippen LogP contribution in [0.2, 0.25) is 0 Å². The first-order valence-electron chi connectivity index (χ1n) is 14.5. The molecule has 16 heteroatoms. The number of aliphatic imine (C=N–C) groups is 1. The number of primary amides is 2. The highest BCUT2D eigenvalue weighted by atomic mass is 16.5. The predicted molar refractivity (Wildman–Crippen MR) is 164 cm³/mol. The molecule has 7 unspecified atom stereocenters. The van der Waals surface area contributed by atoms with Crippen LogP contribution in [0.15, 0.2) is 38.6 Å². The van der Waals surface area contributed by atoms with Gasteiger partial charge in [-0.1, -0.05) is 6.58 Å². The number of carbonyl (C=O) groups is 3. The number of carbonyl (C=O) groups excluding carboxylic acids is 3. The van der Waals surface area contributed by atoms with Gasteiger partial charge in [0.1, 0.15) is 59.7 Å². The molecule has 1 fully saturated rings. The number of hydrogen-bond acceptors (Lipinski definition) is 13. The van der Waals surface area contributed by atoms with Crippen molar-refractivity contribution in [2.24, 2.45) is 22.2 Å². The Morgan fingerprint density at radius 2 is 1.74 bits per heavy atom. The van der Waals surface area contributed by atoms with E-state index in [1.165, 1.54) is 19.1 Å². The lowest BCUT2D eigenvalue weighted by Gasteiger charge is -2.40. The Labute approximate surface area is 263 Å². The minimum Gasteiger partial charge on any atom is -0.507 e. The third-order valence-corrected chi connectivity index (χ3v) is 7.63. The number of aliphatic hydroxyl groups is 4. The first-order valence-corrected chi connectivity index (χ1v) is 14.5. The Hall–Kier alpha value is -4.35. The third kappa shape index (κ3) is 8.46. The van der Waals surface area contributed by atoms with Crippen molar-refractivity contribution in [1.29, 1.82) is 0 Å². The Morgan fingerprint density at radius 1 is 1.07 bits per heavy atom. The first kappa shape index (κ1) is 36.1. The normalized spacial score (nSPS) is 23.1. The van der Waals surface area contributed by atoms with Crippen LogP contribution in [0.4, 0.5) is 0 Å². The number of phenolic OH excluding ortho intramolecular Hbond substituents is 1. The molecule has 16 nitrogen and oxygen atoms in total. The number of rotatable bonds is 14. The number of fused-ring (bicyclic) bond motifs is 1. The Morgan fingerprint density at radius 3 is 2.33 bits per heavy atom. The van der Waals surface area contributed by atoms with Crippen LogP contribution in [0.3, 0.4) is 0 Å². The summed E-state index contributed by atoms with van der Waals surface area (Å²) in [4.78, 5) is 54.2. The zero-order chi connectivity index (χ0) is 34.5. The average molecular weight is 648 g/mol. The van der Waals surface area contributed by atoms with Crippen molar-refractivity contribution in [2.75, 3.05) is 6.61 Å². The molecule has 252 valence electrons. The lowest BCUT2D eigenvalue weighted by molar-refractivity contribution is -0.231. The zero-order valence-corrected chi connectivity index (χ0v) is 25.5. The zero-order valence-electron chi connectivity index (χ0n) is 25.5. The minimum absolute atomic E-state index is 0.0279. The molecule has 0 saturated carbocycles. The van der Waals surface area contributed by atoms with Crippen molar-refractivity contribution in [3.63, 3.8) is 0 Å². The lowest BCUT2D eigenvalue weighted by Crippen LogP contribution is -2.55. The van der Waals surface area contributed by atoms with Crippen molar-refractivity contribution < 1.29 is 49.1 Å². The van der Waals surface area contributed by atoms with Crippen molar-refractivity contribution in [1.82, 2.24) is 5.32 Å². The van der Waals surface area contributed by atoms with Crippen molar-refractivity contribution in [2.45, 2.75) is 88.6 Å². The quantitative estimate of drug-likeness (QED) is 0.102. The van der Waals surface area contributed by atoms with Crippen LogP contribution in [-0.4, -0.2) is 92.1 Å². The number of aryl methyl sites for hydroxylation is 1. The number of hydrogen-bond donors (Lipinski definition) is 9. The van der Waals surface area contributed by atoms with E-state index in [0.29, 0.717) is 5.56 Å². The van der Waals surface area contributed by atoms with Gasteiger partial charge in [-0.05, 0) is 44.7 Å². The number of allylic oxidation sites excluding steroid dienone is 1. The fourth-order valence-corrected chi connectivity index (χ4v) is 5.26. The molecule has 3 amide bonds. The van der Waals surface area contributed by atoms with Crippen molar-refractivity contribution in [3.05, 3.63) is 51.5 Å². The fourth-order valence-electron chi connectivity index (χ4n) is 5.26. The fraction of sp³-hybridized carbons (Fsp3) is 0.500. The lowest BCUT2D eigenvalue weighted by atomic mass is 9.89. The summed E-state index contributed by atoms with van der Waals surface area (Å²) >= 11 is 0. The highest BCUT2D eigenvalue weighted by Crippen LogP contribution is 2.41. The smallest absolute Gasteiger partial charge is 0.245 e. The van der Waals surface area contributed by atoms with Crippen molar-refractivity contribution >= 4 is 34.4 Å². The van der Waals surface area contributed by atoms with Crippen LogP contribution in [0.1, 0.15) is 55.6 Å². The number of aliphatic hydroxyl groups excluding tert-OH is 4. The summed E-state index contributed by atoms with van der Waals surface area (Å²) in [6.07, 6.45) is -8.15. The molecule has 0 radical (unpaired) electrons. The number of amides is 3. The Kier molecular flexibility index (Phi) is 12.0. The molecule has 3 rings (SSSR count). The van der Waals surface area contributed by atoms with Gasteiger partial charge < -0.3 is 57.2 Å². The van der Waals surface area contributed by atoms with Gasteiger partial charge >= 0.3 is 0 Å². The second-order valence-electron chi connectivity index (χ2n) is 11.4. The van der Waals surface area contributed by atoms with Gasteiger partial charge in [-0.15, -0.1) is 0 Å².